The second-order valence-corrected chi connectivity index (χ2v) is 7.58. The van der Waals surface area contributed by atoms with Crippen LogP contribution in [0, 0.1) is 0 Å². The number of hydrogen-bond donors (Lipinski definition) is 2. The molecule has 0 saturated carbocycles. The normalized spacial score (nSPS) is 16.4. The number of amides is 1. The SMILES string of the molecule is CCCC/C=C(\C=C(/C)CC(=O)O)N1CC(NC(=O)OC(C)(C)C)C1. The topological polar surface area (TPSA) is 78.9 Å². The van der Waals surface area contributed by atoms with Gasteiger partial charge in [-0.2, -0.15) is 0 Å². The zero-order chi connectivity index (χ0) is 19.0. The predicted molar refractivity (Wildman–Crippen MR) is 98.3 cm³/mol. The van der Waals surface area contributed by atoms with Crippen molar-refractivity contribution in [1.82, 2.24) is 10.2 Å². The number of allylic oxidation sites excluding steroid dienone is 2. The van der Waals surface area contributed by atoms with Crippen molar-refractivity contribution in [2.75, 3.05) is 13.1 Å². The number of likely N-dealkylation sites (tertiary alicyclic amines) is 1. The van der Waals surface area contributed by atoms with Gasteiger partial charge in [0.25, 0.3) is 0 Å². The summed E-state index contributed by atoms with van der Waals surface area (Å²) in [6, 6.07) is 0.0533. The number of hydrogen-bond acceptors (Lipinski definition) is 4. The summed E-state index contributed by atoms with van der Waals surface area (Å²) in [4.78, 5) is 24.8. The lowest BCUT2D eigenvalue weighted by atomic mass is 10.0. The van der Waals surface area contributed by atoms with Crippen LogP contribution in [-0.2, 0) is 9.53 Å². The molecule has 1 heterocycles. The Labute approximate surface area is 150 Å². The molecule has 0 radical (unpaired) electrons. The molecule has 1 rings (SSSR count). The Balaban J connectivity index is 2.60. The number of nitrogens with one attached hydrogen (secondary N) is 1. The molecule has 0 aliphatic carbocycles. The van der Waals surface area contributed by atoms with Gasteiger partial charge in [-0.05, 0) is 40.2 Å². The van der Waals surface area contributed by atoms with Crippen molar-refractivity contribution in [1.29, 1.82) is 0 Å². The number of unbranched alkanes of at least 4 members (excludes halogenated alkanes) is 2. The van der Waals surface area contributed by atoms with Gasteiger partial charge >= 0.3 is 12.1 Å². The van der Waals surface area contributed by atoms with E-state index in [1.807, 2.05) is 33.8 Å². The van der Waals surface area contributed by atoms with Gasteiger partial charge in [-0.25, -0.2) is 4.79 Å². The molecular weight excluding hydrogens is 320 g/mol. The first kappa shape index (κ1) is 21.1. The highest BCUT2D eigenvalue weighted by molar-refractivity contribution is 5.70. The number of nitrogens with zero attached hydrogens (tertiary/aromatic N) is 1. The summed E-state index contributed by atoms with van der Waals surface area (Å²) in [5, 5.41) is 11.8. The summed E-state index contributed by atoms with van der Waals surface area (Å²) in [7, 11) is 0. The number of carbonyl (C=O) groups is 2. The summed E-state index contributed by atoms with van der Waals surface area (Å²) in [5.41, 5.74) is 1.35. The van der Waals surface area contributed by atoms with Crippen molar-refractivity contribution in [3.05, 3.63) is 23.4 Å². The summed E-state index contributed by atoms with van der Waals surface area (Å²) < 4.78 is 5.27. The van der Waals surface area contributed by atoms with Crippen molar-refractivity contribution in [2.24, 2.45) is 0 Å². The Kier molecular flexibility index (Phi) is 8.00. The van der Waals surface area contributed by atoms with Gasteiger partial charge in [0.2, 0.25) is 0 Å². The third-order valence-corrected chi connectivity index (χ3v) is 3.70. The maximum atomic E-state index is 11.8. The molecule has 1 aliphatic rings. The van der Waals surface area contributed by atoms with Gasteiger partial charge in [-0.15, -0.1) is 0 Å². The lowest BCUT2D eigenvalue weighted by Crippen LogP contribution is -2.59. The fourth-order valence-electron chi connectivity index (χ4n) is 2.53. The fourth-order valence-corrected chi connectivity index (χ4v) is 2.53. The van der Waals surface area contributed by atoms with Crippen LogP contribution in [0.25, 0.3) is 0 Å². The number of ether oxygens (including phenoxy) is 1. The van der Waals surface area contributed by atoms with Gasteiger partial charge in [-0.1, -0.05) is 31.4 Å². The predicted octanol–water partition coefficient (Wildman–Crippen LogP) is 3.69. The minimum Gasteiger partial charge on any atom is -0.481 e. The van der Waals surface area contributed by atoms with E-state index in [9.17, 15) is 9.59 Å². The van der Waals surface area contributed by atoms with Gasteiger partial charge in [0.05, 0.1) is 12.5 Å². The van der Waals surface area contributed by atoms with Gasteiger partial charge < -0.3 is 20.1 Å². The average molecular weight is 352 g/mol. The van der Waals surface area contributed by atoms with E-state index in [1.54, 1.807) is 0 Å². The zero-order valence-electron chi connectivity index (χ0n) is 16.1. The Morgan fingerprint density at radius 1 is 1.32 bits per heavy atom. The van der Waals surface area contributed by atoms with E-state index >= 15 is 0 Å². The minimum absolute atomic E-state index is 0.0402. The molecule has 0 unspecified atom stereocenters. The van der Waals surface area contributed by atoms with Gasteiger partial charge in [-0.3, -0.25) is 4.79 Å². The van der Waals surface area contributed by atoms with E-state index in [2.05, 4.69) is 23.2 Å². The van der Waals surface area contributed by atoms with Crippen molar-refractivity contribution in [3.63, 3.8) is 0 Å². The fraction of sp³-hybridized carbons (Fsp3) is 0.684. The first-order chi connectivity index (χ1) is 11.6. The van der Waals surface area contributed by atoms with Crippen LogP contribution in [0.1, 0.15) is 60.3 Å². The lowest BCUT2D eigenvalue weighted by Gasteiger charge is -2.42. The molecule has 0 aromatic carbocycles. The van der Waals surface area contributed by atoms with Crippen LogP contribution in [0.5, 0.6) is 0 Å². The number of carboxylic acid groups (broad SMARTS) is 1. The highest BCUT2D eigenvalue weighted by atomic mass is 16.6. The molecule has 6 nitrogen and oxygen atoms in total. The van der Waals surface area contributed by atoms with Crippen LogP contribution in [-0.4, -0.2) is 46.8 Å². The molecule has 1 saturated heterocycles. The lowest BCUT2D eigenvalue weighted by molar-refractivity contribution is -0.136. The largest absolute Gasteiger partial charge is 0.481 e. The number of carboxylic acids is 1. The van der Waals surface area contributed by atoms with Crippen molar-refractivity contribution < 1.29 is 19.4 Å². The van der Waals surface area contributed by atoms with Gasteiger partial charge in [0, 0.05) is 18.8 Å². The second-order valence-electron chi connectivity index (χ2n) is 7.58. The first-order valence-electron chi connectivity index (χ1n) is 8.94. The maximum Gasteiger partial charge on any atom is 0.407 e. The highest BCUT2D eigenvalue weighted by Gasteiger charge is 2.30. The monoisotopic (exact) mass is 352 g/mol. The number of rotatable bonds is 8. The minimum atomic E-state index is -0.824. The molecule has 0 aromatic rings. The number of carbonyl (C=O) groups excluding carboxylic acids is 1. The maximum absolute atomic E-state index is 11.8. The Morgan fingerprint density at radius 3 is 2.48 bits per heavy atom. The summed E-state index contributed by atoms with van der Waals surface area (Å²) in [5.74, 6) is -0.824. The summed E-state index contributed by atoms with van der Waals surface area (Å²) in [6.07, 6.45) is 6.91. The van der Waals surface area contributed by atoms with E-state index in [0.717, 1.165) is 30.5 Å². The third-order valence-electron chi connectivity index (χ3n) is 3.70. The standard InChI is InChI=1S/C19H32N2O4/c1-6-7-8-9-16(10-14(2)11-17(22)23)21-12-15(13-21)20-18(24)25-19(3,4)5/h9-10,15H,6-8,11-13H2,1-5H3,(H,20,24)(H,22,23)/b14-10+,16-9+. The highest BCUT2D eigenvalue weighted by Crippen LogP contribution is 2.20. The first-order valence-corrected chi connectivity index (χ1v) is 8.94. The molecule has 1 amide bonds. The molecule has 6 heteroatoms. The molecule has 142 valence electrons. The smallest absolute Gasteiger partial charge is 0.407 e. The molecular formula is C19H32N2O4. The van der Waals surface area contributed by atoms with Crippen LogP contribution in [0.2, 0.25) is 0 Å². The molecule has 0 aromatic heterocycles. The summed E-state index contributed by atoms with van der Waals surface area (Å²) in [6.45, 7) is 10.9. The van der Waals surface area contributed by atoms with Gasteiger partial charge in [0.1, 0.15) is 5.60 Å². The molecule has 0 atom stereocenters. The van der Waals surface area contributed by atoms with Crippen LogP contribution in [0.3, 0.4) is 0 Å². The Morgan fingerprint density at radius 2 is 1.96 bits per heavy atom. The Hall–Kier alpha value is -1.98. The number of aliphatic carboxylic acids is 1. The van der Waals surface area contributed by atoms with Crippen molar-refractivity contribution >= 4 is 12.1 Å². The van der Waals surface area contributed by atoms with Crippen LogP contribution >= 0.6 is 0 Å². The quantitative estimate of drug-likeness (QED) is 0.514. The van der Waals surface area contributed by atoms with E-state index in [1.165, 1.54) is 0 Å². The van der Waals surface area contributed by atoms with E-state index in [4.69, 9.17) is 9.84 Å². The number of alkyl carbamates (subject to hydrolysis) is 1. The van der Waals surface area contributed by atoms with E-state index in [0.29, 0.717) is 13.1 Å². The average Bonchev–Trinajstić information content (AvgIpc) is 2.38. The third kappa shape index (κ3) is 8.61. The Bertz CT molecular complexity index is 526. The van der Waals surface area contributed by atoms with Crippen molar-refractivity contribution in [2.45, 2.75) is 71.9 Å². The molecule has 1 fully saturated rings. The van der Waals surface area contributed by atoms with Crippen LogP contribution < -0.4 is 5.32 Å². The second kappa shape index (κ2) is 9.49. The van der Waals surface area contributed by atoms with Gasteiger partial charge in [0.15, 0.2) is 0 Å². The zero-order valence-corrected chi connectivity index (χ0v) is 16.1. The van der Waals surface area contributed by atoms with Crippen LogP contribution in [0.4, 0.5) is 4.79 Å². The summed E-state index contributed by atoms with van der Waals surface area (Å²) >= 11 is 0. The molecule has 2 N–H and O–H groups in total. The molecule has 25 heavy (non-hydrogen) atoms. The molecule has 0 bridgehead atoms. The molecule has 1 aliphatic heterocycles. The van der Waals surface area contributed by atoms with Crippen LogP contribution in [0.15, 0.2) is 23.4 Å². The molecule has 0 spiro atoms. The van der Waals surface area contributed by atoms with E-state index < -0.39 is 17.7 Å². The van der Waals surface area contributed by atoms with E-state index in [-0.39, 0.29) is 12.5 Å². The van der Waals surface area contributed by atoms with Crippen molar-refractivity contribution in [3.8, 4) is 0 Å².